The second kappa shape index (κ2) is 9.57. The number of nitrogens with zero attached hydrogens (tertiary/aromatic N) is 4. The summed E-state index contributed by atoms with van der Waals surface area (Å²) in [5, 5.41) is 4.68. The van der Waals surface area contributed by atoms with E-state index in [2.05, 4.69) is 14.7 Å². The number of rotatable bonds is 7. The minimum absolute atomic E-state index is 0.0760. The molecule has 1 aromatic heterocycles. The zero-order valence-electron chi connectivity index (χ0n) is 15.4. The van der Waals surface area contributed by atoms with Gasteiger partial charge in [0.1, 0.15) is 11.8 Å². The summed E-state index contributed by atoms with van der Waals surface area (Å²) in [5.41, 5.74) is 1.48. The summed E-state index contributed by atoms with van der Waals surface area (Å²) in [4.78, 5) is 16.2. The minimum Gasteiger partial charge on any atom is -0.372 e. The Balaban J connectivity index is 1.70. The molecule has 1 saturated heterocycles. The molecule has 0 spiro atoms. The molecule has 0 N–H and O–H groups in total. The first-order valence-corrected chi connectivity index (χ1v) is 9.08. The predicted molar refractivity (Wildman–Crippen MR) is 96.5 cm³/mol. The molecule has 1 aromatic rings. The lowest BCUT2D eigenvalue weighted by Crippen LogP contribution is -2.48. The normalized spacial score (nSPS) is 16.4. The van der Waals surface area contributed by atoms with E-state index in [9.17, 15) is 18.0 Å². The van der Waals surface area contributed by atoms with E-state index in [1.54, 1.807) is 22.7 Å². The maximum Gasteiger partial charge on any atom is 0.411 e. The molecule has 0 atom stereocenters. The van der Waals surface area contributed by atoms with Gasteiger partial charge < -0.3 is 9.64 Å². The van der Waals surface area contributed by atoms with Crippen molar-refractivity contribution in [3.05, 3.63) is 22.5 Å². The SMILES string of the molecule is Cc1nn(C)c(Cl)c1/C=C/C(=O)N1CCN(CCCOCC(F)(F)F)CC1. The third-order valence-electron chi connectivity index (χ3n) is 4.30. The van der Waals surface area contributed by atoms with Gasteiger partial charge in [0, 0.05) is 58.0 Å². The molecule has 10 heteroatoms. The number of hydrogen-bond acceptors (Lipinski definition) is 4. The molecule has 0 bridgehead atoms. The summed E-state index contributed by atoms with van der Waals surface area (Å²) >= 11 is 6.14. The molecule has 0 radical (unpaired) electrons. The lowest BCUT2D eigenvalue weighted by atomic mass is 10.2. The van der Waals surface area contributed by atoms with Crippen molar-refractivity contribution in [2.45, 2.75) is 19.5 Å². The van der Waals surface area contributed by atoms with Crippen LogP contribution in [0, 0.1) is 6.92 Å². The predicted octanol–water partition coefficient (Wildman–Crippen LogP) is 2.51. The van der Waals surface area contributed by atoms with Gasteiger partial charge in [0.2, 0.25) is 5.91 Å². The van der Waals surface area contributed by atoms with Crippen LogP contribution in [0.5, 0.6) is 0 Å². The fourth-order valence-corrected chi connectivity index (χ4v) is 3.10. The molecule has 2 heterocycles. The van der Waals surface area contributed by atoms with Gasteiger partial charge in [-0.1, -0.05) is 11.6 Å². The van der Waals surface area contributed by atoms with Crippen LogP contribution in [0.2, 0.25) is 5.15 Å². The second-order valence-corrected chi connectivity index (χ2v) is 6.79. The molecule has 1 aliphatic heterocycles. The molecule has 0 aromatic carbocycles. The van der Waals surface area contributed by atoms with E-state index in [1.165, 1.54) is 6.08 Å². The van der Waals surface area contributed by atoms with Crippen molar-refractivity contribution < 1.29 is 22.7 Å². The molecule has 152 valence electrons. The quantitative estimate of drug-likeness (QED) is 0.514. The number of halogens is 4. The van der Waals surface area contributed by atoms with Gasteiger partial charge in [-0.25, -0.2) is 0 Å². The highest BCUT2D eigenvalue weighted by Gasteiger charge is 2.27. The van der Waals surface area contributed by atoms with Crippen molar-refractivity contribution in [2.75, 3.05) is 45.9 Å². The van der Waals surface area contributed by atoms with Gasteiger partial charge in [-0.3, -0.25) is 14.4 Å². The topological polar surface area (TPSA) is 50.6 Å². The number of alkyl halides is 3. The van der Waals surface area contributed by atoms with Crippen LogP contribution in [0.15, 0.2) is 6.08 Å². The van der Waals surface area contributed by atoms with E-state index < -0.39 is 12.8 Å². The summed E-state index contributed by atoms with van der Waals surface area (Å²) in [6, 6.07) is 0. The van der Waals surface area contributed by atoms with Crippen molar-refractivity contribution in [1.82, 2.24) is 19.6 Å². The third kappa shape index (κ3) is 6.82. The van der Waals surface area contributed by atoms with Gasteiger partial charge in [0.25, 0.3) is 0 Å². The Bertz CT molecular complexity index is 668. The number of piperazine rings is 1. The van der Waals surface area contributed by atoms with Gasteiger partial charge in [0.05, 0.1) is 5.69 Å². The highest BCUT2D eigenvalue weighted by atomic mass is 35.5. The Morgan fingerprint density at radius 2 is 1.96 bits per heavy atom. The van der Waals surface area contributed by atoms with Crippen LogP contribution in [0.1, 0.15) is 17.7 Å². The fourth-order valence-electron chi connectivity index (χ4n) is 2.87. The molecule has 0 saturated carbocycles. The zero-order valence-corrected chi connectivity index (χ0v) is 16.2. The molecule has 1 aliphatic rings. The van der Waals surface area contributed by atoms with E-state index in [0.717, 1.165) is 11.3 Å². The number of amides is 1. The van der Waals surface area contributed by atoms with Crippen molar-refractivity contribution in [2.24, 2.45) is 7.05 Å². The first kappa shape index (κ1) is 21.7. The summed E-state index contributed by atoms with van der Waals surface area (Å²) in [7, 11) is 1.74. The summed E-state index contributed by atoms with van der Waals surface area (Å²) in [6.07, 6.45) is -0.575. The number of hydrogen-bond donors (Lipinski definition) is 0. The maximum atomic E-state index is 12.3. The molecule has 0 aliphatic carbocycles. The number of aromatic nitrogens is 2. The van der Waals surface area contributed by atoms with Gasteiger partial charge >= 0.3 is 6.18 Å². The van der Waals surface area contributed by atoms with Gasteiger partial charge in [-0.05, 0) is 19.4 Å². The monoisotopic (exact) mass is 408 g/mol. The average Bonchev–Trinajstić information content (AvgIpc) is 2.84. The highest BCUT2D eigenvalue weighted by molar-refractivity contribution is 6.31. The van der Waals surface area contributed by atoms with Crippen LogP contribution in [-0.4, -0.2) is 77.6 Å². The molecule has 27 heavy (non-hydrogen) atoms. The Morgan fingerprint density at radius 1 is 1.30 bits per heavy atom. The minimum atomic E-state index is -4.28. The van der Waals surface area contributed by atoms with Crippen molar-refractivity contribution in [3.8, 4) is 0 Å². The summed E-state index contributed by atoms with van der Waals surface area (Å²) < 4.78 is 42.1. The smallest absolute Gasteiger partial charge is 0.372 e. The molecular weight excluding hydrogens is 385 g/mol. The largest absolute Gasteiger partial charge is 0.411 e. The van der Waals surface area contributed by atoms with Gasteiger partial charge in [-0.15, -0.1) is 0 Å². The number of carbonyl (C=O) groups is 1. The lowest BCUT2D eigenvalue weighted by molar-refractivity contribution is -0.174. The molecule has 1 fully saturated rings. The van der Waals surface area contributed by atoms with E-state index in [0.29, 0.717) is 44.3 Å². The first-order valence-electron chi connectivity index (χ1n) is 8.70. The molecule has 6 nitrogen and oxygen atoms in total. The third-order valence-corrected chi connectivity index (χ3v) is 4.75. The van der Waals surface area contributed by atoms with Crippen LogP contribution in [0.4, 0.5) is 13.2 Å². The van der Waals surface area contributed by atoms with Crippen molar-refractivity contribution >= 4 is 23.6 Å². The molecule has 2 rings (SSSR count). The molecular formula is C17H24ClF3N4O2. The van der Waals surface area contributed by atoms with E-state index in [1.807, 2.05) is 6.92 Å². The van der Waals surface area contributed by atoms with Crippen LogP contribution >= 0.6 is 11.6 Å². The van der Waals surface area contributed by atoms with Crippen molar-refractivity contribution in [3.63, 3.8) is 0 Å². The van der Waals surface area contributed by atoms with Crippen LogP contribution in [0.3, 0.4) is 0 Å². The summed E-state index contributed by atoms with van der Waals surface area (Å²) in [5.74, 6) is -0.0949. The van der Waals surface area contributed by atoms with E-state index in [4.69, 9.17) is 11.6 Å². The Morgan fingerprint density at radius 3 is 2.52 bits per heavy atom. The zero-order chi connectivity index (χ0) is 20.0. The average molecular weight is 409 g/mol. The second-order valence-electron chi connectivity index (χ2n) is 6.44. The van der Waals surface area contributed by atoms with Gasteiger partial charge in [-0.2, -0.15) is 18.3 Å². The van der Waals surface area contributed by atoms with E-state index in [-0.39, 0.29) is 12.5 Å². The van der Waals surface area contributed by atoms with Gasteiger partial charge in [0.15, 0.2) is 0 Å². The Labute approximate surface area is 161 Å². The molecule has 1 amide bonds. The van der Waals surface area contributed by atoms with Crippen LogP contribution < -0.4 is 0 Å². The van der Waals surface area contributed by atoms with E-state index >= 15 is 0 Å². The highest BCUT2D eigenvalue weighted by Crippen LogP contribution is 2.20. The van der Waals surface area contributed by atoms with Crippen LogP contribution in [0.25, 0.3) is 6.08 Å². The lowest BCUT2D eigenvalue weighted by Gasteiger charge is -2.34. The summed E-state index contributed by atoms with van der Waals surface area (Å²) in [6.45, 7) is 3.87. The Hall–Kier alpha value is -1.58. The maximum absolute atomic E-state index is 12.3. The molecule has 0 unspecified atom stereocenters. The number of carbonyl (C=O) groups excluding carboxylic acids is 1. The van der Waals surface area contributed by atoms with Crippen LogP contribution in [-0.2, 0) is 16.6 Å². The fraction of sp³-hybridized carbons (Fsp3) is 0.647. The van der Waals surface area contributed by atoms with Crippen molar-refractivity contribution in [1.29, 1.82) is 0 Å². The Kier molecular flexibility index (Phi) is 7.69. The number of aryl methyl sites for hydroxylation is 2. The number of ether oxygens (including phenoxy) is 1. The standard InChI is InChI=1S/C17H24ClF3N4O2/c1-13-14(16(18)23(2)22-13)4-5-15(26)25-9-7-24(8-10-25)6-3-11-27-12-17(19,20)21/h4-5H,3,6-12H2,1-2H3/b5-4+. The first-order chi connectivity index (χ1) is 12.7.